The largest absolute Gasteiger partial charge is 0.465 e. The number of aliphatic hydroxyl groups is 1. The molecule has 0 amide bonds. The number of rotatable bonds is 6. The first-order chi connectivity index (χ1) is 11.2. The van der Waals surface area contributed by atoms with Crippen molar-refractivity contribution < 1.29 is 9.52 Å². The topological polar surface area (TPSA) is 43.1 Å². The van der Waals surface area contributed by atoms with E-state index in [0.29, 0.717) is 18.4 Å². The highest BCUT2D eigenvalue weighted by Crippen LogP contribution is 2.26. The fourth-order valence-electron chi connectivity index (χ4n) is 3.99. The molecule has 2 saturated heterocycles. The number of hydrogen-bond donors (Lipinski definition) is 1. The first kappa shape index (κ1) is 17.0. The molecule has 0 unspecified atom stereocenters. The van der Waals surface area contributed by atoms with Gasteiger partial charge in [0.05, 0.1) is 6.54 Å². The number of likely N-dealkylation sites (N-methyl/N-ethyl adjacent to an activating group) is 1. The van der Waals surface area contributed by atoms with Gasteiger partial charge in [0.2, 0.25) is 0 Å². The lowest BCUT2D eigenvalue weighted by Gasteiger charge is -2.36. The van der Waals surface area contributed by atoms with Crippen molar-refractivity contribution in [2.75, 3.05) is 59.0 Å². The molecular weight excluding hydrogens is 290 g/mol. The van der Waals surface area contributed by atoms with E-state index >= 15 is 0 Å². The monoisotopic (exact) mass is 321 g/mol. The Morgan fingerprint density at radius 2 is 1.74 bits per heavy atom. The average Bonchev–Trinajstić information content (AvgIpc) is 3.14. The Labute approximate surface area is 139 Å². The highest BCUT2D eigenvalue weighted by atomic mass is 16.3. The van der Waals surface area contributed by atoms with Crippen LogP contribution in [0.1, 0.15) is 18.4 Å². The summed E-state index contributed by atoms with van der Waals surface area (Å²) in [6.07, 6.45) is 0. The molecule has 1 aromatic rings. The zero-order valence-electron chi connectivity index (χ0n) is 14.6. The van der Waals surface area contributed by atoms with Crippen LogP contribution in [0.25, 0.3) is 0 Å². The molecule has 23 heavy (non-hydrogen) atoms. The van der Waals surface area contributed by atoms with Crippen LogP contribution in [0.15, 0.2) is 16.5 Å². The van der Waals surface area contributed by atoms with E-state index in [1.54, 1.807) is 0 Å². The van der Waals surface area contributed by atoms with Crippen molar-refractivity contribution in [3.63, 3.8) is 0 Å². The van der Waals surface area contributed by atoms with Gasteiger partial charge < -0.3 is 19.3 Å². The Kier molecular flexibility index (Phi) is 5.75. The second-order valence-corrected chi connectivity index (χ2v) is 7.14. The van der Waals surface area contributed by atoms with Gasteiger partial charge in [-0.3, -0.25) is 4.90 Å². The third-order valence-corrected chi connectivity index (χ3v) is 5.47. The molecule has 1 N–H and O–H groups in total. The molecular formula is C18H31N3O2. The van der Waals surface area contributed by atoms with Crippen molar-refractivity contribution in [1.29, 1.82) is 0 Å². The van der Waals surface area contributed by atoms with Crippen molar-refractivity contribution in [1.82, 2.24) is 14.7 Å². The second-order valence-electron chi connectivity index (χ2n) is 7.14. The smallest absolute Gasteiger partial charge is 0.118 e. The van der Waals surface area contributed by atoms with Gasteiger partial charge in [-0.2, -0.15) is 0 Å². The summed E-state index contributed by atoms with van der Waals surface area (Å²) in [5, 5.41) is 9.76. The van der Waals surface area contributed by atoms with Gasteiger partial charge in [0.15, 0.2) is 0 Å². The molecule has 0 spiro atoms. The lowest BCUT2D eigenvalue weighted by molar-refractivity contribution is 0.106. The SMILES string of the molecule is CCN1CCN(C[C@H]2CN(Cc3ccc(C)o3)C[C@H]2CO)CC1. The molecule has 2 aliphatic rings. The summed E-state index contributed by atoms with van der Waals surface area (Å²) in [6.45, 7) is 14.4. The Balaban J connectivity index is 1.50. The Morgan fingerprint density at radius 1 is 1.04 bits per heavy atom. The predicted octanol–water partition coefficient (Wildman–Crippen LogP) is 1.27. The van der Waals surface area contributed by atoms with Gasteiger partial charge in [0, 0.05) is 52.4 Å². The van der Waals surface area contributed by atoms with Crippen molar-refractivity contribution in [3.8, 4) is 0 Å². The van der Waals surface area contributed by atoms with Gasteiger partial charge in [-0.25, -0.2) is 0 Å². The minimum atomic E-state index is 0.299. The minimum absolute atomic E-state index is 0.299. The summed E-state index contributed by atoms with van der Waals surface area (Å²) in [7, 11) is 0. The van der Waals surface area contributed by atoms with Crippen LogP contribution >= 0.6 is 0 Å². The van der Waals surface area contributed by atoms with Crippen molar-refractivity contribution in [2.24, 2.45) is 11.8 Å². The average molecular weight is 321 g/mol. The molecule has 2 atom stereocenters. The van der Waals surface area contributed by atoms with Crippen molar-refractivity contribution in [2.45, 2.75) is 20.4 Å². The molecule has 130 valence electrons. The zero-order valence-corrected chi connectivity index (χ0v) is 14.6. The van der Waals surface area contributed by atoms with Gasteiger partial charge in [-0.05, 0) is 37.4 Å². The molecule has 3 heterocycles. The molecule has 5 heteroatoms. The predicted molar refractivity (Wildman–Crippen MR) is 91.3 cm³/mol. The molecule has 2 aliphatic heterocycles. The van der Waals surface area contributed by atoms with Crippen molar-refractivity contribution in [3.05, 3.63) is 23.7 Å². The molecule has 1 aromatic heterocycles. The molecule has 0 radical (unpaired) electrons. The molecule has 0 aromatic carbocycles. The van der Waals surface area contributed by atoms with Gasteiger partial charge in [-0.1, -0.05) is 6.92 Å². The number of nitrogens with zero attached hydrogens (tertiary/aromatic N) is 3. The number of aryl methyl sites for hydroxylation is 1. The normalized spacial score (nSPS) is 27.8. The van der Waals surface area contributed by atoms with Gasteiger partial charge in [-0.15, -0.1) is 0 Å². The second kappa shape index (κ2) is 7.79. The van der Waals surface area contributed by atoms with Crippen LogP contribution in [-0.2, 0) is 6.54 Å². The quantitative estimate of drug-likeness (QED) is 0.855. The number of piperazine rings is 1. The standard InChI is InChI=1S/C18H31N3O2/c1-3-19-6-8-20(9-7-19)10-16-11-21(12-17(16)14-22)13-18-5-4-15(2)23-18/h4-5,16-17,22H,3,6-14H2,1-2H3/t16-,17-/m0/s1. The van der Waals surface area contributed by atoms with E-state index in [-0.39, 0.29) is 0 Å². The molecule has 0 aliphatic carbocycles. The summed E-state index contributed by atoms with van der Waals surface area (Å²) in [5.74, 6) is 2.99. The molecule has 0 saturated carbocycles. The highest BCUT2D eigenvalue weighted by molar-refractivity contribution is 5.06. The first-order valence-electron chi connectivity index (χ1n) is 9.01. The number of hydrogen-bond acceptors (Lipinski definition) is 5. The van der Waals surface area contributed by atoms with Gasteiger partial charge in [0.25, 0.3) is 0 Å². The van der Waals surface area contributed by atoms with Crippen LogP contribution < -0.4 is 0 Å². The summed E-state index contributed by atoms with van der Waals surface area (Å²) < 4.78 is 5.70. The minimum Gasteiger partial charge on any atom is -0.465 e. The summed E-state index contributed by atoms with van der Waals surface area (Å²) in [5.41, 5.74) is 0. The Morgan fingerprint density at radius 3 is 2.35 bits per heavy atom. The van der Waals surface area contributed by atoms with E-state index in [9.17, 15) is 5.11 Å². The highest BCUT2D eigenvalue weighted by Gasteiger charge is 2.34. The van der Waals surface area contributed by atoms with Crippen LogP contribution in [0.5, 0.6) is 0 Å². The summed E-state index contributed by atoms with van der Waals surface area (Å²) >= 11 is 0. The zero-order chi connectivity index (χ0) is 16.2. The Bertz CT molecular complexity index is 482. The summed E-state index contributed by atoms with van der Waals surface area (Å²) in [4.78, 5) is 7.53. The van der Waals surface area contributed by atoms with E-state index in [2.05, 4.69) is 27.7 Å². The van der Waals surface area contributed by atoms with Gasteiger partial charge in [0.1, 0.15) is 11.5 Å². The fraction of sp³-hybridized carbons (Fsp3) is 0.778. The van der Waals surface area contributed by atoms with Gasteiger partial charge >= 0.3 is 0 Å². The van der Waals surface area contributed by atoms with Crippen LogP contribution in [0.4, 0.5) is 0 Å². The number of likely N-dealkylation sites (tertiary alicyclic amines) is 1. The number of furan rings is 1. The van der Waals surface area contributed by atoms with Crippen LogP contribution in [0, 0.1) is 18.8 Å². The maximum atomic E-state index is 9.76. The summed E-state index contributed by atoms with van der Waals surface area (Å²) in [6, 6.07) is 4.10. The molecule has 0 bridgehead atoms. The van der Waals surface area contributed by atoms with E-state index in [1.165, 1.54) is 26.2 Å². The van der Waals surface area contributed by atoms with Crippen LogP contribution in [-0.4, -0.2) is 78.8 Å². The van der Waals surface area contributed by atoms with E-state index in [1.807, 2.05) is 13.0 Å². The number of aliphatic hydroxyl groups excluding tert-OH is 1. The maximum Gasteiger partial charge on any atom is 0.118 e. The van der Waals surface area contributed by atoms with Crippen LogP contribution in [0.2, 0.25) is 0 Å². The maximum absolute atomic E-state index is 9.76. The molecule has 2 fully saturated rings. The first-order valence-corrected chi connectivity index (χ1v) is 9.01. The van der Waals surface area contributed by atoms with E-state index < -0.39 is 0 Å². The van der Waals surface area contributed by atoms with E-state index in [4.69, 9.17) is 4.42 Å². The fourth-order valence-corrected chi connectivity index (χ4v) is 3.99. The van der Waals surface area contributed by atoms with Crippen molar-refractivity contribution >= 4 is 0 Å². The van der Waals surface area contributed by atoms with Crippen LogP contribution in [0.3, 0.4) is 0 Å². The molecule has 3 rings (SSSR count). The van der Waals surface area contributed by atoms with E-state index in [0.717, 1.165) is 44.2 Å². The lowest BCUT2D eigenvalue weighted by Crippen LogP contribution is -2.48. The lowest BCUT2D eigenvalue weighted by atomic mass is 9.96. The molecule has 5 nitrogen and oxygen atoms in total. The third kappa shape index (κ3) is 4.35. The third-order valence-electron chi connectivity index (χ3n) is 5.47. The Hall–Kier alpha value is -0.880.